The molecule has 0 aromatic heterocycles. The first kappa shape index (κ1) is 15.2. The summed E-state index contributed by atoms with van der Waals surface area (Å²) in [5, 5.41) is 22.7. The van der Waals surface area contributed by atoms with Gasteiger partial charge in [-0.2, -0.15) is 0 Å². The maximum absolute atomic E-state index is 12.9. The number of nitrogens with zero attached hydrogens (tertiary/aromatic N) is 1. The first-order valence-electron chi connectivity index (χ1n) is 7.73. The van der Waals surface area contributed by atoms with E-state index in [0.29, 0.717) is 5.56 Å². The topological polar surface area (TPSA) is 72.8 Å². The van der Waals surface area contributed by atoms with Crippen molar-refractivity contribution >= 4 is 11.6 Å². The zero-order valence-corrected chi connectivity index (χ0v) is 13.2. The van der Waals surface area contributed by atoms with Crippen LogP contribution in [0.2, 0.25) is 0 Å². The molecule has 2 atom stereocenters. The number of anilines is 1. The molecule has 23 heavy (non-hydrogen) atoms. The van der Waals surface area contributed by atoms with Crippen molar-refractivity contribution in [1.82, 2.24) is 4.90 Å². The number of amides is 1. The lowest BCUT2D eigenvalue weighted by Crippen LogP contribution is -2.47. The van der Waals surface area contributed by atoms with Gasteiger partial charge in [0.1, 0.15) is 6.17 Å². The highest BCUT2D eigenvalue weighted by Gasteiger charge is 2.35. The Morgan fingerprint density at radius 2 is 1.91 bits per heavy atom. The van der Waals surface area contributed by atoms with Gasteiger partial charge < -0.3 is 20.4 Å². The van der Waals surface area contributed by atoms with Gasteiger partial charge in [-0.05, 0) is 43.2 Å². The molecule has 0 bridgehead atoms. The minimum absolute atomic E-state index is 0.0318. The van der Waals surface area contributed by atoms with E-state index >= 15 is 0 Å². The number of benzene rings is 2. The lowest BCUT2D eigenvalue weighted by atomic mass is 10.0. The summed E-state index contributed by atoms with van der Waals surface area (Å²) >= 11 is 0. The van der Waals surface area contributed by atoms with Crippen LogP contribution in [0.5, 0.6) is 11.5 Å². The van der Waals surface area contributed by atoms with Crippen LogP contribution in [0.3, 0.4) is 0 Å². The van der Waals surface area contributed by atoms with E-state index in [-0.39, 0.29) is 29.6 Å². The molecule has 0 saturated carbocycles. The van der Waals surface area contributed by atoms with Crippen molar-refractivity contribution in [2.45, 2.75) is 32.5 Å². The monoisotopic (exact) mass is 312 g/mol. The molecule has 120 valence electrons. The second-order valence-corrected chi connectivity index (χ2v) is 5.81. The van der Waals surface area contributed by atoms with Gasteiger partial charge in [0.05, 0.1) is 5.56 Å². The van der Waals surface area contributed by atoms with E-state index in [9.17, 15) is 15.0 Å². The van der Waals surface area contributed by atoms with Gasteiger partial charge in [-0.1, -0.05) is 25.1 Å². The first-order valence-corrected chi connectivity index (χ1v) is 7.73. The fraction of sp³-hybridized carbons (Fsp3) is 0.278. The van der Waals surface area contributed by atoms with E-state index in [2.05, 4.69) is 5.32 Å². The SMILES string of the molecule is CC[C@@H](C)N1C(=O)c2ccccc2N[C@H]1c1ccc(O)c(O)c1. The summed E-state index contributed by atoms with van der Waals surface area (Å²) in [4.78, 5) is 14.7. The van der Waals surface area contributed by atoms with Crippen molar-refractivity contribution in [2.75, 3.05) is 5.32 Å². The molecule has 5 nitrogen and oxygen atoms in total. The zero-order chi connectivity index (χ0) is 16.6. The fourth-order valence-corrected chi connectivity index (χ4v) is 2.87. The smallest absolute Gasteiger partial charge is 0.258 e. The Labute approximate surface area is 135 Å². The van der Waals surface area contributed by atoms with Gasteiger partial charge in [-0.25, -0.2) is 0 Å². The molecule has 2 aromatic carbocycles. The van der Waals surface area contributed by atoms with Crippen LogP contribution in [0.1, 0.15) is 42.4 Å². The average molecular weight is 312 g/mol. The van der Waals surface area contributed by atoms with Gasteiger partial charge in [-0.3, -0.25) is 4.79 Å². The maximum Gasteiger partial charge on any atom is 0.258 e. The average Bonchev–Trinajstić information content (AvgIpc) is 2.56. The molecule has 3 N–H and O–H groups in total. The van der Waals surface area contributed by atoms with Gasteiger partial charge in [0.15, 0.2) is 11.5 Å². The summed E-state index contributed by atoms with van der Waals surface area (Å²) in [6.45, 7) is 4.03. The molecule has 5 heteroatoms. The van der Waals surface area contributed by atoms with Gasteiger partial charge in [0.2, 0.25) is 0 Å². The summed E-state index contributed by atoms with van der Waals surface area (Å²) in [5.74, 6) is -0.405. The zero-order valence-electron chi connectivity index (χ0n) is 13.2. The summed E-state index contributed by atoms with van der Waals surface area (Å²) < 4.78 is 0. The molecule has 0 fully saturated rings. The van der Waals surface area contributed by atoms with E-state index in [1.165, 1.54) is 12.1 Å². The Morgan fingerprint density at radius 1 is 1.17 bits per heavy atom. The summed E-state index contributed by atoms with van der Waals surface area (Å²) in [7, 11) is 0. The number of carbonyl (C=O) groups excluding carboxylic acids is 1. The van der Waals surface area contributed by atoms with Crippen LogP contribution < -0.4 is 5.32 Å². The number of nitrogens with one attached hydrogen (secondary N) is 1. The van der Waals surface area contributed by atoms with Crippen molar-refractivity contribution in [3.05, 3.63) is 53.6 Å². The van der Waals surface area contributed by atoms with Crippen LogP contribution in [0.15, 0.2) is 42.5 Å². The third-order valence-corrected chi connectivity index (χ3v) is 4.34. The number of hydrogen-bond donors (Lipinski definition) is 3. The van der Waals surface area contributed by atoms with Crippen LogP contribution in [0.4, 0.5) is 5.69 Å². The van der Waals surface area contributed by atoms with Gasteiger partial charge >= 0.3 is 0 Å². The Kier molecular flexibility index (Phi) is 3.86. The number of para-hydroxylation sites is 1. The van der Waals surface area contributed by atoms with E-state index in [1.807, 2.05) is 38.1 Å². The van der Waals surface area contributed by atoms with Crippen LogP contribution in [-0.2, 0) is 0 Å². The maximum atomic E-state index is 12.9. The third-order valence-electron chi connectivity index (χ3n) is 4.34. The van der Waals surface area contributed by atoms with Gasteiger partial charge in [-0.15, -0.1) is 0 Å². The molecule has 1 heterocycles. The molecular weight excluding hydrogens is 292 g/mol. The van der Waals surface area contributed by atoms with Crippen molar-refractivity contribution in [3.8, 4) is 11.5 Å². The Balaban J connectivity index is 2.09. The van der Waals surface area contributed by atoms with Gasteiger partial charge in [0, 0.05) is 11.7 Å². The quantitative estimate of drug-likeness (QED) is 0.759. The third kappa shape index (κ3) is 2.59. The molecule has 3 rings (SSSR count). The number of hydrogen-bond acceptors (Lipinski definition) is 4. The fourth-order valence-electron chi connectivity index (χ4n) is 2.87. The predicted octanol–water partition coefficient (Wildman–Crippen LogP) is 3.46. The second-order valence-electron chi connectivity index (χ2n) is 5.81. The molecule has 1 aliphatic heterocycles. The molecule has 1 aliphatic rings. The molecule has 0 radical (unpaired) electrons. The van der Waals surface area contributed by atoms with Crippen molar-refractivity contribution < 1.29 is 15.0 Å². The highest BCUT2D eigenvalue weighted by atomic mass is 16.3. The van der Waals surface area contributed by atoms with Crippen molar-refractivity contribution in [3.63, 3.8) is 0 Å². The summed E-state index contributed by atoms with van der Waals surface area (Å²) in [5.41, 5.74) is 2.14. The molecule has 0 unspecified atom stereocenters. The molecule has 0 aliphatic carbocycles. The van der Waals surface area contributed by atoms with Gasteiger partial charge in [0.25, 0.3) is 5.91 Å². The number of rotatable bonds is 3. The van der Waals surface area contributed by atoms with E-state index < -0.39 is 0 Å². The Morgan fingerprint density at radius 3 is 2.61 bits per heavy atom. The number of aromatic hydroxyl groups is 2. The highest BCUT2D eigenvalue weighted by Crippen LogP contribution is 2.37. The van der Waals surface area contributed by atoms with Crippen LogP contribution in [0, 0.1) is 0 Å². The Hall–Kier alpha value is -2.69. The second kappa shape index (κ2) is 5.83. The number of fused-ring (bicyclic) bond motifs is 1. The summed E-state index contributed by atoms with van der Waals surface area (Å²) in [6.07, 6.45) is 0.426. The van der Waals surface area contributed by atoms with Crippen LogP contribution >= 0.6 is 0 Å². The number of phenolic OH excluding ortho intramolecular Hbond substituents is 2. The standard InChI is InChI=1S/C18H20N2O3/c1-3-11(2)20-17(12-8-9-15(21)16(22)10-12)19-14-7-5-4-6-13(14)18(20)23/h4-11,17,19,21-22H,3H2,1-2H3/t11-,17-/m1/s1. The van der Waals surface area contributed by atoms with E-state index in [4.69, 9.17) is 0 Å². The van der Waals surface area contributed by atoms with E-state index in [0.717, 1.165) is 17.7 Å². The first-order chi connectivity index (χ1) is 11.0. The molecule has 1 amide bonds. The van der Waals surface area contributed by atoms with Crippen molar-refractivity contribution in [1.29, 1.82) is 0 Å². The normalized spacial score (nSPS) is 18.3. The lowest BCUT2D eigenvalue weighted by Gasteiger charge is -2.41. The molecular formula is C18H20N2O3. The minimum atomic E-state index is -0.390. The van der Waals surface area contributed by atoms with Crippen LogP contribution in [0.25, 0.3) is 0 Å². The summed E-state index contributed by atoms with van der Waals surface area (Å²) in [6, 6.07) is 12.1. The number of phenols is 2. The van der Waals surface area contributed by atoms with Crippen LogP contribution in [-0.4, -0.2) is 27.1 Å². The molecule has 2 aromatic rings. The largest absolute Gasteiger partial charge is 0.504 e. The molecule has 0 spiro atoms. The highest BCUT2D eigenvalue weighted by molar-refractivity contribution is 6.01. The van der Waals surface area contributed by atoms with E-state index in [1.54, 1.807) is 11.0 Å². The molecule has 0 saturated heterocycles. The van der Waals surface area contributed by atoms with Crippen molar-refractivity contribution in [2.24, 2.45) is 0 Å². The lowest BCUT2D eigenvalue weighted by molar-refractivity contribution is 0.0593. The predicted molar refractivity (Wildman–Crippen MR) is 88.5 cm³/mol. The number of carbonyl (C=O) groups is 1. The minimum Gasteiger partial charge on any atom is -0.504 e. The Bertz CT molecular complexity index is 745.